The van der Waals surface area contributed by atoms with Crippen molar-refractivity contribution < 1.29 is 9.47 Å². The number of nitrogens with zero attached hydrogens (tertiary/aromatic N) is 1. The number of hydrogen-bond acceptors (Lipinski definition) is 4. The minimum absolute atomic E-state index is 0.0514. The fraction of sp³-hybridized carbons (Fsp3) is 0.500. The van der Waals surface area contributed by atoms with E-state index in [0.717, 1.165) is 12.8 Å². The Morgan fingerprint density at radius 2 is 2.33 bits per heavy atom. The van der Waals surface area contributed by atoms with Crippen LogP contribution in [0.1, 0.15) is 32.3 Å². The Kier molecular flexibility index (Phi) is 3.44. The summed E-state index contributed by atoms with van der Waals surface area (Å²) in [6.45, 7) is 4.67. The average Bonchev–Trinajstić information content (AvgIpc) is 2.67. The minimum Gasteiger partial charge on any atom is -0.489 e. The summed E-state index contributed by atoms with van der Waals surface area (Å²) in [6.07, 6.45) is 2.17. The van der Waals surface area contributed by atoms with E-state index >= 15 is 0 Å². The highest BCUT2D eigenvalue weighted by molar-refractivity contribution is 5.56. The van der Waals surface area contributed by atoms with E-state index in [-0.39, 0.29) is 11.7 Å². The van der Waals surface area contributed by atoms with Crippen LogP contribution in [0.4, 0.5) is 5.69 Å². The van der Waals surface area contributed by atoms with Gasteiger partial charge in [0.2, 0.25) is 0 Å². The maximum Gasteiger partial charge on any atom is 0.142 e. The highest BCUT2D eigenvalue weighted by Gasteiger charge is 2.31. The molecule has 1 aromatic carbocycles. The average molecular weight is 246 g/mol. The molecule has 1 unspecified atom stereocenters. The van der Waals surface area contributed by atoms with Crippen molar-refractivity contribution >= 4 is 5.69 Å². The molecule has 4 nitrogen and oxygen atoms in total. The van der Waals surface area contributed by atoms with Crippen molar-refractivity contribution in [3.05, 3.63) is 23.8 Å². The van der Waals surface area contributed by atoms with Crippen LogP contribution in [0, 0.1) is 11.3 Å². The number of benzene rings is 1. The third kappa shape index (κ3) is 2.93. The van der Waals surface area contributed by atoms with Crippen LogP contribution in [0.5, 0.6) is 5.75 Å². The van der Waals surface area contributed by atoms with Crippen molar-refractivity contribution in [2.45, 2.75) is 38.4 Å². The smallest absolute Gasteiger partial charge is 0.142 e. The first kappa shape index (κ1) is 12.7. The molecule has 1 saturated heterocycles. The van der Waals surface area contributed by atoms with E-state index in [2.05, 4.69) is 13.8 Å². The number of rotatable bonds is 3. The first-order valence-corrected chi connectivity index (χ1v) is 6.10. The Balaban J connectivity index is 1.93. The van der Waals surface area contributed by atoms with Crippen molar-refractivity contribution in [1.29, 1.82) is 5.26 Å². The second kappa shape index (κ2) is 4.87. The van der Waals surface area contributed by atoms with Gasteiger partial charge in [-0.3, -0.25) is 0 Å². The molecule has 18 heavy (non-hydrogen) atoms. The lowest BCUT2D eigenvalue weighted by Crippen LogP contribution is -2.24. The topological polar surface area (TPSA) is 68.3 Å². The normalized spacial score (nSPS) is 21.5. The number of nitrogens with two attached hydrogens (primary N) is 1. The van der Waals surface area contributed by atoms with E-state index in [9.17, 15) is 0 Å². The molecular formula is C14H18N2O2. The molecule has 96 valence electrons. The van der Waals surface area contributed by atoms with E-state index in [1.165, 1.54) is 0 Å². The van der Waals surface area contributed by atoms with Gasteiger partial charge in [-0.25, -0.2) is 0 Å². The predicted octanol–water partition coefficient (Wildman–Crippen LogP) is 2.48. The molecule has 0 spiro atoms. The molecule has 2 rings (SSSR count). The van der Waals surface area contributed by atoms with E-state index in [1.54, 1.807) is 18.2 Å². The third-order valence-electron chi connectivity index (χ3n) is 3.12. The van der Waals surface area contributed by atoms with Gasteiger partial charge >= 0.3 is 0 Å². The lowest BCUT2D eigenvalue weighted by Gasteiger charge is -2.19. The zero-order chi connectivity index (χ0) is 13.2. The summed E-state index contributed by atoms with van der Waals surface area (Å²) in [5.74, 6) is 0.613. The molecule has 4 heteroatoms. The van der Waals surface area contributed by atoms with Gasteiger partial charge in [0.25, 0.3) is 0 Å². The van der Waals surface area contributed by atoms with Gasteiger partial charge < -0.3 is 15.2 Å². The number of nitriles is 1. The summed E-state index contributed by atoms with van der Waals surface area (Å²) in [5.41, 5.74) is 6.80. The second-order valence-corrected chi connectivity index (χ2v) is 5.21. The molecule has 0 radical (unpaired) electrons. The van der Waals surface area contributed by atoms with Crippen LogP contribution >= 0.6 is 0 Å². The number of hydrogen-bond donors (Lipinski definition) is 1. The quantitative estimate of drug-likeness (QED) is 0.832. The molecule has 0 amide bonds. The van der Waals surface area contributed by atoms with Crippen LogP contribution in [0.3, 0.4) is 0 Å². The van der Waals surface area contributed by atoms with E-state index < -0.39 is 0 Å². The van der Waals surface area contributed by atoms with Crippen molar-refractivity contribution in [1.82, 2.24) is 0 Å². The molecular weight excluding hydrogens is 228 g/mol. The Morgan fingerprint density at radius 1 is 1.56 bits per heavy atom. The number of ether oxygens (including phenoxy) is 2. The maximum atomic E-state index is 8.75. The van der Waals surface area contributed by atoms with Gasteiger partial charge in [0.15, 0.2) is 0 Å². The predicted molar refractivity (Wildman–Crippen MR) is 69.3 cm³/mol. The van der Waals surface area contributed by atoms with Crippen molar-refractivity contribution in [2.24, 2.45) is 0 Å². The van der Waals surface area contributed by atoms with Gasteiger partial charge in [0.05, 0.1) is 29.0 Å². The highest BCUT2D eigenvalue weighted by atomic mass is 16.6. The summed E-state index contributed by atoms with van der Waals surface area (Å²) in [4.78, 5) is 0. The van der Waals surface area contributed by atoms with Crippen LogP contribution in [0.15, 0.2) is 18.2 Å². The maximum absolute atomic E-state index is 8.75. The molecule has 0 aromatic heterocycles. The van der Waals surface area contributed by atoms with E-state index in [1.807, 2.05) is 6.07 Å². The zero-order valence-electron chi connectivity index (χ0n) is 10.8. The summed E-state index contributed by atoms with van der Waals surface area (Å²) < 4.78 is 11.5. The van der Waals surface area contributed by atoms with Gasteiger partial charge in [-0.15, -0.1) is 0 Å². The Hall–Kier alpha value is -1.73. The number of nitrogen functional groups attached to an aromatic ring is 1. The van der Waals surface area contributed by atoms with E-state index in [4.69, 9.17) is 20.5 Å². The van der Waals surface area contributed by atoms with Gasteiger partial charge in [-0.1, -0.05) is 0 Å². The molecule has 1 atom stereocenters. The van der Waals surface area contributed by atoms with E-state index in [0.29, 0.717) is 23.6 Å². The van der Waals surface area contributed by atoms with Gasteiger partial charge in [-0.05, 0) is 44.9 Å². The van der Waals surface area contributed by atoms with Crippen molar-refractivity contribution in [3.8, 4) is 11.8 Å². The summed E-state index contributed by atoms with van der Waals surface area (Å²) in [6, 6.07) is 7.09. The molecule has 0 saturated carbocycles. The molecule has 0 bridgehead atoms. The lowest BCUT2D eigenvalue weighted by molar-refractivity contribution is -0.0325. The summed E-state index contributed by atoms with van der Waals surface area (Å²) in [7, 11) is 0. The van der Waals surface area contributed by atoms with Crippen LogP contribution in [-0.4, -0.2) is 18.3 Å². The third-order valence-corrected chi connectivity index (χ3v) is 3.12. The molecule has 2 N–H and O–H groups in total. The molecule has 1 aromatic rings. The fourth-order valence-corrected chi connectivity index (χ4v) is 2.13. The molecule has 1 aliphatic heterocycles. The van der Waals surface area contributed by atoms with Gasteiger partial charge in [-0.2, -0.15) is 5.26 Å². The minimum atomic E-state index is -0.0514. The largest absolute Gasteiger partial charge is 0.489 e. The number of anilines is 1. The first-order valence-electron chi connectivity index (χ1n) is 6.10. The lowest BCUT2D eigenvalue weighted by atomic mass is 10.1. The second-order valence-electron chi connectivity index (χ2n) is 5.21. The van der Waals surface area contributed by atoms with Crippen LogP contribution in [0.2, 0.25) is 0 Å². The van der Waals surface area contributed by atoms with Gasteiger partial charge in [0.1, 0.15) is 12.4 Å². The summed E-state index contributed by atoms with van der Waals surface area (Å²) in [5, 5.41) is 8.75. The monoisotopic (exact) mass is 246 g/mol. The Bertz CT molecular complexity index is 477. The molecule has 1 aliphatic rings. The van der Waals surface area contributed by atoms with Gasteiger partial charge in [0, 0.05) is 0 Å². The zero-order valence-corrected chi connectivity index (χ0v) is 10.8. The Morgan fingerprint density at radius 3 is 2.89 bits per heavy atom. The molecule has 0 aliphatic carbocycles. The summed E-state index contributed by atoms with van der Waals surface area (Å²) >= 11 is 0. The molecule has 1 heterocycles. The van der Waals surface area contributed by atoms with Crippen LogP contribution in [-0.2, 0) is 4.74 Å². The Labute approximate surface area is 107 Å². The van der Waals surface area contributed by atoms with Crippen molar-refractivity contribution in [3.63, 3.8) is 0 Å². The SMILES string of the molecule is CC1(C)CCC(COc2ccc(C#N)cc2N)O1. The highest BCUT2D eigenvalue weighted by Crippen LogP contribution is 2.30. The van der Waals surface area contributed by atoms with Crippen LogP contribution in [0.25, 0.3) is 0 Å². The van der Waals surface area contributed by atoms with Crippen LogP contribution < -0.4 is 10.5 Å². The fourth-order valence-electron chi connectivity index (χ4n) is 2.13. The molecule has 1 fully saturated rings. The first-order chi connectivity index (χ1) is 8.50. The standard InChI is InChI=1S/C14H18N2O2/c1-14(2)6-5-11(18-14)9-17-13-4-3-10(8-15)7-12(13)16/h3-4,7,11H,5-6,9,16H2,1-2H3. The van der Waals surface area contributed by atoms with Crippen molar-refractivity contribution in [2.75, 3.05) is 12.3 Å².